The van der Waals surface area contributed by atoms with Crippen molar-refractivity contribution in [3.8, 4) is 0 Å². The maximum atomic E-state index is 11.1. The molecule has 0 aromatic carbocycles. The van der Waals surface area contributed by atoms with Crippen LogP contribution in [0, 0.1) is 0 Å². The van der Waals surface area contributed by atoms with Crippen LogP contribution >= 0.6 is 12.2 Å². The Labute approximate surface area is 87.0 Å². The van der Waals surface area contributed by atoms with Gasteiger partial charge in [0, 0.05) is 0 Å². The van der Waals surface area contributed by atoms with Crippen molar-refractivity contribution in [2.75, 3.05) is 12.9 Å². The normalized spacial score (nSPS) is 10.6. The fraction of sp³-hybridized carbons (Fsp3) is 0.600. The van der Waals surface area contributed by atoms with Crippen LogP contribution in [0.5, 0.6) is 0 Å². The van der Waals surface area contributed by atoms with Crippen LogP contribution in [0.15, 0.2) is 0 Å². The van der Waals surface area contributed by atoms with Crippen LogP contribution in [0.4, 0.5) is 0 Å². The molecule has 4 N–H and O–H groups in total. The Bertz CT molecular complexity index is 313. The first kappa shape index (κ1) is 13.1. The van der Waals surface area contributed by atoms with E-state index in [1.165, 1.54) is 7.11 Å². The van der Waals surface area contributed by atoms with Crippen LogP contribution in [-0.4, -0.2) is 32.4 Å². The zero-order valence-corrected chi connectivity index (χ0v) is 9.07. The molecule has 0 aliphatic heterocycles. The van der Waals surface area contributed by atoms with Crippen LogP contribution in [0.1, 0.15) is 6.42 Å². The summed E-state index contributed by atoms with van der Waals surface area (Å²) in [5, 5.41) is -0.202. The summed E-state index contributed by atoms with van der Waals surface area (Å²) in [7, 11) is -2.44. The Morgan fingerprint density at radius 1 is 1.57 bits per heavy atom. The Kier molecular flexibility index (Phi) is 5.35. The zero-order chi connectivity index (χ0) is 11.2. The number of thiocarbonyl (C=S) groups is 1. The molecule has 0 aliphatic rings. The topological polar surface area (TPSA) is 111 Å². The van der Waals surface area contributed by atoms with Gasteiger partial charge in [-0.15, -0.1) is 4.83 Å². The number of hydrogen-bond acceptors (Lipinski definition) is 5. The molecule has 0 radical (unpaired) electrons. The molecule has 9 heteroatoms. The third-order valence-electron chi connectivity index (χ3n) is 1.13. The van der Waals surface area contributed by atoms with Crippen molar-refractivity contribution in [2.45, 2.75) is 6.42 Å². The number of carbonyl (C=O) groups is 1. The van der Waals surface area contributed by atoms with E-state index in [9.17, 15) is 13.2 Å². The molecule has 0 bridgehead atoms. The molecule has 0 saturated carbocycles. The smallest absolute Gasteiger partial charge is 0.306 e. The van der Waals surface area contributed by atoms with Gasteiger partial charge in [0.25, 0.3) is 0 Å². The number of nitrogens with one attached hydrogen (secondary N) is 2. The Hall–Kier alpha value is -0.930. The first-order valence-corrected chi connectivity index (χ1v) is 5.55. The van der Waals surface area contributed by atoms with Gasteiger partial charge < -0.3 is 10.5 Å². The number of sulfonamides is 1. The second-order valence-electron chi connectivity index (χ2n) is 2.24. The van der Waals surface area contributed by atoms with Crippen LogP contribution in [0.2, 0.25) is 0 Å². The highest BCUT2D eigenvalue weighted by Crippen LogP contribution is 1.90. The first-order valence-electron chi connectivity index (χ1n) is 3.49. The minimum absolute atomic E-state index is 0.202. The quantitative estimate of drug-likeness (QED) is 0.296. The molecule has 7 nitrogen and oxygen atoms in total. The number of hydrazine groups is 1. The summed E-state index contributed by atoms with van der Waals surface area (Å²) in [5.41, 5.74) is 7.03. The van der Waals surface area contributed by atoms with Crippen molar-refractivity contribution >= 4 is 33.3 Å². The number of ether oxygens (including phenoxy) is 1. The zero-order valence-electron chi connectivity index (χ0n) is 7.44. The van der Waals surface area contributed by atoms with Crippen molar-refractivity contribution in [3.63, 3.8) is 0 Å². The van der Waals surface area contributed by atoms with Crippen LogP contribution in [-0.2, 0) is 19.6 Å². The molecule has 0 saturated heterocycles. The molecule has 0 spiro atoms. The van der Waals surface area contributed by atoms with Crippen molar-refractivity contribution in [1.29, 1.82) is 0 Å². The van der Waals surface area contributed by atoms with Crippen molar-refractivity contribution < 1.29 is 17.9 Å². The second-order valence-corrected chi connectivity index (χ2v) is 4.52. The van der Waals surface area contributed by atoms with E-state index in [1.807, 2.05) is 10.3 Å². The van der Waals surface area contributed by atoms with Crippen LogP contribution < -0.4 is 16.0 Å². The SMILES string of the molecule is COC(=O)CCS(=O)(=O)NNC(N)=S. The van der Waals surface area contributed by atoms with Gasteiger partial charge in [-0.05, 0) is 12.2 Å². The van der Waals surface area contributed by atoms with E-state index in [-0.39, 0.29) is 11.5 Å². The van der Waals surface area contributed by atoms with E-state index in [0.717, 1.165) is 0 Å². The summed E-state index contributed by atoms with van der Waals surface area (Å²) in [4.78, 5) is 12.5. The lowest BCUT2D eigenvalue weighted by atomic mass is 10.5. The predicted molar refractivity (Wildman–Crippen MR) is 53.5 cm³/mol. The Balaban J connectivity index is 3.96. The molecular formula is C5H11N3O4S2. The average Bonchev–Trinajstić information content (AvgIpc) is 2.11. The van der Waals surface area contributed by atoms with Crippen molar-refractivity contribution in [1.82, 2.24) is 10.3 Å². The molecule has 82 valence electrons. The number of esters is 1. The number of carbonyl (C=O) groups excluding carboxylic acids is 1. The lowest BCUT2D eigenvalue weighted by Gasteiger charge is -2.06. The third kappa shape index (κ3) is 6.57. The Morgan fingerprint density at radius 2 is 2.14 bits per heavy atom. The molecule has 0 rings (SSSR count). The van der Waals surface area contributed by atoms with E-state index in [0.29, 0.717) is 0 Å². The number of methoxy groups -OCH3 is 1. The summed E-state index contributed by atoms with van der Waals surface area (Å²) >= 11 is 4.37. The molecule has 0 aromatic rings. The molecule has 0 atom stereocenters. The molecule has 0 amide bonds. The van der Waals surface area contributed by atoms with Gasteiger partial charge in [-0.1, -0.05) is 0 Å². The van der Waals surface area contributed by atoms with Gasteiger partial charge in [0.2, 0.25) is 10.0 Å². The highest BCUT2D eigenvalue weighted by molar-refractivity contribution is 7.89. The van der Waals surface area contributed by atoms with Gasteiger partial charge in [0.1, 0.15) is 0 Å². The minimum Gasteiger partial charge on any atom is -0.469 e. The fourth-order valence-electron chi connectivity index (χ4n) is 0.499. The van der Waals surface area contributed by atoms with Gasteiger partial charge >= 0.3 is 5.97 Å². The molecule has 0 fully saturated rings. The van der Waals surface area contributed by atoms with Gasteiger partial charge in [-0.2, -0.15) is 0 Å². The number of nitrogens with two attached hydrogens (primary N) is 1. The van der Waals surface area contributed by atoms with Gasteiger partial charge in [0.15, 0.2) is 5.11 Å². The van der Waals surface area contributed by atoms with Gasteiger partial charge in [-0.3, -0.25) is 10.2 Å². The van der Waals surface area contributed by atoms with Gasteiger partial charge in [-0.25, -0.2) is 8.42 Å². The molecule has 0 heterocycles. The molecule has 0 unspecified atom stereocenters. The minimum atomic E-state index is -3.61. The van der Waals surface area contributed by atoms with E-state index >= 15 is 0 Å². The van der Waals surface area contributed by atoms with Crippen molar-refractivity contribution in [2.24, 2.45) is 5.73 Å². The lowest BCUT2D eigenvalue weighted by molar-refractivity contribution is -0.140. The molecule has 14 heavy (non-hydrogen) atoms. The summed E-state index contributed by atoms with van der Waals surface area (Å²) in [6, 6.07) is 0. The largest absolute Gasteiger partial charge is 0.469 e. The second kappa shape index (κ2) is 5.73. The highest BCUT2D eigenvalue weighted by Gasteiger charge is 2.12. The fourth-order valence-corrected chi connectivity index (χ4v) is 1.42. The van der Waals surface area contributed by atoms with E-state index in [2.05, 4.69) is 17.0 Å². The standard InChI is InChI=1S/C5H11N3O4S2/c1-12-4(9)2-3-14(10,11)8-7-5(6)13/h8H,2-3H2,1H3,(H3,6,7,13). The summed E-state index contributed by atoms with van der Waals surface area (Å²) < 4.78 is 26.4. The van der Waals surface area contributed by atoms with Crippen molar-refractivity contribution in [3.05, 3.63) is 0 Å². The summed E-state index contributed by atoms with van der Waals surface area (Å²) in [5.74, 6) is -0.999. The number of rotatable bonds is 5. The summed E-state index contributed by atoms with van der Waals surface area (Å²) in [6.07, 6.45) is -0.231. The summed E-state index contributed by atoms with van der Waals surface area (Å²) in [6.45, 7) is 0. The maximum absolute atomic E-state index is 11.1. The van der Waals surface area contributed by atoms with Gasteiger partial charge in [0.05, 0.1) is 19.3 Å². The molecule has 0 aromatic heterocycles. The Morgan fingerprint density at radius 3 is 2.57 bits per heavy atom. The van der Waals surface area contributed by atoms with Crippen LogP contribution in [0.25, 0.3) is 0 Å². The van der Waals surface area contributed by atoms with Crippen LogP contribution in [0.3, 0.4) is 0 Å². The monoisotopic (exact) mass is 241 g/mol. The maximum Gasteiger partial charge on any atom is 0.306 e. The lowest BCUT2D eigenvalue weighted by Crippen LogP contribution is -2.45. The first-order chi connectivity index (χ1) is 6.37. The molecular weight excluding hydrogens is 230 g/mol. The predicted octanol–water partition coefficient (Wildman–Crippen LogP) is -1.78. The van der Waals surface area contributed by atoms with E-state index in [1.54, 1.807) is 0 Å². The van der Waals surface area contributed by atoms with E-state index < -0.39 is 21.7 Å². The van der Waals surface area contributed by atoms with E-state index in [4.69, 9.17) is 5.73 Å². The average molecular weight is 241 g/mol. The number of hydrogen-bond donors (Lipinski definition) is 3. The third-order valence-corrected chi connectivity index (χ3v) is 2.39. The molecule has 0 aliphatic carbocycles. The highest BCUT2D eigenvalue weighted by atomic mass is 32.2.